The molecule has 7 heteroatoms. The van der Waals surface area contributed by atoms with Crippen LogP contribution < -0.4 is 10.5 Å². The number of aryl methyl sites for hydroxylation is 1. The zero-order valence-electron chi connectivity index (χ0n) is 10.5. The normalized spacial score (nSPS) is 11.3. The molecular formula is C13H12BrClN2O2S. The molecule has 0 radical (unpaired) electrons. The molecule has 0 heterocycles. The van der Waals surface area contributed by atoms with Crippen LogP contribution in [0.5, 0.6) is 0 Å². The quantitative estimate of drug-likeness (QED) is 0.802. The molecular weight excluding hydrogens is 364 g/mol. The average molecular weight is 376 g/mol. The highest BCUT2D eigenvalue weighted by Crippen LogP contribution is 2.30. The van der Waals surface area contributed by atoms with E-state index in [2.05, 4.69) is 20.7 Å². The van der Waals surface area contributed by atoms with E-state index >= 15 is 0 Å². The molecule has 0 atom stereocenters. The Bertz CT molecular complexity index is 763. The van der Waals surface area contributed by atoms with Crippen molar-refractivity contribution in [1.29, 1.82) is 0 Å². The Hall–Kier alpha value is -1.24. The maximum Gasteiger partial charge on any atom is 0.261 e. The van der Waals surface area contributed by atoms with Gasteiger partial charge < -0.3 is 5.73 Å². The SMILES string of the molecule is Cc1cc(Br)c(NS(=O)(=O)c2cccc(Cl)c2)cc1N. The van der Waals surface area contributed by atoms with Crippen molar-refractivity contribution in [1.82, 2.24) is 0 Å². The minimum atomic E-state index is -3.71. The molecule has 0 amide bonds. The van der Waals surface area contributed by atoms with Crippen molar-refractivity contribution in [2.24, 2.45) is 0 Å². The van der Waals surface area contributed by atoms with Gasteiger partial charge in [-0.2, -0.15) is 0 Å². The summed E-state index contributed by atoms with van der Waals surface area (Å²) in [6.45, 7) is 1.84. The van der Waals surface area contributed by atoms with Crippen LogP contribution in [0.15, 0.2) is 45.8 Å². The van der Waals surface area contributed by atoms with Crippen LogP contribution in [0.25, 0.3) is 0 Å². The van der Waals surface area contributed by atoms with Gasteiger partial charge in [-0.15, -0.1) is 0 Å². The lowest BCUT2D eigenvalue weighted by Crippen LogP contribution is -2.13. The highest BCUT2D eigenvalue weighted by Gasteiger charge is 2.16. The van der Waals surface area contributed by atoms with Crippen LogP contribution in [-0.2, 0) is 10.0 Å². The molecule has 0 aliphatic rings. The summed E-state index contributed by atoms with van der Waals surface area (Å²) in [6.07, 6.45) is 0. The topological polar surface area (TPSA) is 72.2 Å². The van der Waals surface area contributed by atoms with Crippen LogP contribution in [-0.4, -0.2) is 8.42 Å². The standard InChI is InChI=1S/C13H12BrClN2O2S/c1-8-5-11(14)13(7-12(8)16)17-20(18,19)10-4-2-3-9(15)6-10/h2-7,17H,16H2,1H3. The van der Waals surface area contributed by atoms with Gasteiger partial charge in [-0.05, 0) is 58.7 Å². The molecule has 0 aliphatic carbocycles. The smallest absolute Gasteiger partial charge is 0.261 e. The van der Waals surface area contributed by atoms with E-state index in [9.17, 15) is 8.42 Å². The molecule has 0 spiro atoms. The Kier molecular flexibility index (Phi) is 4.27. The second kappa shape index (κ2) is 5.63. The lowest BCUT2D eigenvalue weighted by Gasteiger charge is -2.12. The maximum absolute atomic E-state index is 12.3. The fourth-order valence-corrected chi connectivity index (χ4v) is 3.66. The molecule has 0 fully saturated rings. The average Bonchev–Trinajstić information content (AvgIpc) is 2.36. The molecule has 2 aromatic carbocycles. The number of rotatable bonds is 3. The first-order chi connectivity index (χ1) is 9.29. The van der Waals surface area contributed by atoms with E-state index in [-0.39, 0.29) is 4.90 Å². The Morgan fingerprint density at radius 2 is 1.95 bits per heavy atom. The van der Waals surface area contributed by atoms with Gasteiger partial charge in [-0.25, -0.2) is 8.42 Å². The molecule has 0 aromatic heterocycles. The molecule has 0 unspecified atom stereocenters. The van der Waals surface area contributed by atoms with Gasteiger partial charge in [0.25, 0.3) is 10.0 Å². The molecule has 20 heavy (non-hydrogen) atoms. The van der Waals surface area contributed by atoms with Gasteiger partial charge >= 0.3 is 0 Å². The van der Waals surface area contributed by atoms with E-state index < -0.39 is 10.0 Å². The number of hydrogen-bond acceptors (Lipinski definition) is 3. The highest BCUT2D eigenvalue weighted by molar-refractivity contribution is 9.10. The van der Waals surface area contributed by atoms with Gasteiger partial charge in [0.05, 0.1) is 10.6 Å². The summed E-state index contributed by atoms with van der Waals surface area (Å²) in [7, 11) is -3.71. The third-order valence-electron chi connectivity index (χ3n) is 2.71. The van der Waals surface area contributed by atoms with Gasteiger partial charge in [-0.1, -0.05) is 17.7 Å². The Morgan fingerprint density at radius 3 is 2.60 bits per heavy atom. The fraction of sp³-hybridized carbons (Fsp3) is 0.0769. The van der Waals surface area contributed by atoms with Crippen molar-refractivity contribution < 1.29 is 8.42 Å². The van der Waals surface area contributed by atoms with Gasteiger partial charge in [-0.3, -0.25) is 4.72 Å². The summed E-state index contributed by atoms with van der Waals surface area (Å²) in [5.74, 6) is 0. The summed E-state index contributed by atoms with van der Waals surface area (Å²) in [6, 6.07) is 9.37. The van der Waals surface area contributed by atoms with Crippen LogP contribution in [0, 0.1) is 6.92 Å². The molecule has 4 nitrogen and oxygen atoms in total. The number of halogens is 2. The van der Waals surface area contributed by atoms with Crippen molar-refractivity contribution in [2.75, 3.05) is 10.5 Å². The largest absolute Gasteiger partial charge is 0.398 e. The van der Waals surface area contributed by atoms with Crippen molar-refractivity contribution >= 4 is 48.9 Å². The molecule has 2 rings (SSSR count). The van der Waals surface area contributed by atoms with Crippen molar-refractivity contribution in [2.45, 2.75) is 11.8 Å². The number of sulfonamides is 1. The van der Waals surface area contributed by atoms with Crippen LogP contribution in [0.4, 0.5) is 11.4 Å². The molecule has 0 aliphatic heterocycles. The second-order valence-electron chi connectivity index (χ2n) is 4.25. The molecule has 2 aromatic rings. The predicted molar refractivity (Wildman–Crippen MR) is 85.6 cm³/mol. The number of anilines is 2. The van der Waals surface area contributed by atoms with E-state index in [0.717, 1.165) is 5.56 Å². The first-order valence-corrected chi connectivity index (χ1v) is 8.29. The number of nitrogen functional groups attached to an aromatic ring is 1. The predicted octanol–water partition coefficient (Wildman–Crippen LogP) is 3.79. The van der Waals surface area contributed by atoms with E-state index in [1.807, 2.05) is 6.92 Å². The summed E-state index contributed by atoms with van der Waals surface area (Å²) in [4.78, 5) is 0.0936. The Morgan fingerprint density at radius 1 is 1.25 bits per heavy atom. The van der Waals surface area contributed by atoms with Crippen LogP contribution >= 0.6 is 27.5 Å². The molecule has 0 saturated heterocycles. The number of benzene rings is 2. The van der Waals surface area contributed by atoms with Crippen LogP contribution in [0.1, 0.15) is 5.56 Å². The third-order valence-corrected chi connectivity index (χ3v) is 4.96. The number of nitrogens with two attached hydrogens (primary N) is 1. The van der Waals surface area contributed by atoms with Crippen LogP contribution in [0.2, 0.25) is 5.02 Å². The highest BCUT2D eigenvalue weighted by atomic mass is 79.9. The summed E-state index contributed by atoms with van der Waals surface area (Å²) >= 11 is 9.12. The zero-order valence-corrected chi connectivity index (χ0v) is 13.7. The molecule has 106 valence electrons. The second-order valence-corrected chi connectivity index (χ2v) is 7.22. The van der Waals surface area contributed by atoms with E-state index in [1.165, 1.54) is 12.1 Å². The lowest BCUT2D eigenvalue weighted by atomic mass is 10.2. The fourth-order valence-electron chi connectivity index (χ4n) is 1.61. The first-order valence-electron chi connectivity index (χ1n) is 5.63. The summed E-state index contributed by atoms with van der Waals surface area (Å²) in [5.41, 5.74) is 7.55. The van der Waals surface area contributed by atoms with Gasteiger partial charge in [0, 0.05) is 15.2 Å². The Labute approximate surface area is 131 Å². The van der Waals surface area contributed by atoms with E-state index in [4.69, 9.17) is 17.3 Å². The van der Waals surface area contributed by atoms with E-state index in [1.54, 1.807) is 24.3 Å². The number of nitrogens with one attached hydrogen (secondary N) is 1. The molecule has 3 N–H and O–H groups in total. The monoisotopic (exact) mass is 374 g/mol. The zero-order chi connectivity index (χ0) is 14.9. The minimum absolute atomic E-state index is 0.0936. The van der Waals surface area contributed by atoms with Gasteiger partial charge in [0.1, 0.15) is 0 Å². The molecule has 0 saturated carbocycles. The summed E-state index contributed by atoms with van der Waals surface area (Å²) < 4.78 is 27.6. The molecule has 0 bridgehead atoms. The van der Waals surface area contributed by atoms with Crippen molar-refractivity contribution in [3.05, 3.63) is 51.5 Å². The number of hydrogen-bond donors (Lipinski definition) is 2. The van der Waals surface area contributed by atoms with Crippen LogP contribution in [0.3, 0.4) is 0 Å². The first kappa shape index (κ1) is 15.2. The van der Waals surface area contributed by atoms with Gasteiger partial charge in [0.15, 0.2) is 0 Å². The minimum Gasteiger partial charge on any atom is -0.398 e. The Balaban J connectivity index is 2.41. The lowest BCUT2D eigenvalue weighted by molar-refractivity contribution is 0.601. The van der Waals surface area contributed by atoms with Gasteiger partial charge in [0.2, 0.25) is 0 Å². The van der Waals surface area contributed by atoms with Crippen molar-refractivity contribution in [3.63, 3.8) is 0 Å². The third kappa shape index (κ3) is 3.26. The van der Waals surface area contributed by atoms with E-state index in [0.29, 0.717) is 20.9 Å². The maximum atomic E-state index is 12.3. The summed E-state index contributed by atoms with van der Waals surface area (Å²) in [5, 5.41) is 0.357. The van der Waals surface area contributed by atoms with Crippen molar-refractivity contribution in [3.8, 4) is 0 Å².